The molecule has 0 radical (unpaired) electrons. The zero-order valence-electron chi connectivity index (χ0n) is 17.1. The third kappa shape index (κ3) is 4.96. The van der Waals surface area contributed by atoms with Crippen LogP contribution >= 0.6 is 0 Å². The molecule has 0 bridgehead atoms. The van der Waals surface area contributed by atoms with E-state index in [1.165, 1.54) is 0 Å². The Morgan fingerprint density at radius 1 is 1.08 bits per heavy atom. The fourth-order valence-corrected chi connectivity index (χ4v) is 2.92. The van der Waals surface area contributed by atoms with Crippen LogP contribution in [0.4, 0.5) is 0 Å². The maximum absolute atomic E-state index is 13.1. The predicted octanol–water partition coefficient (Wildman–Crippen LogP) is 5.04. The Morgan fingerprint density at radius 3 is 2.31 bits per heavy atom. The molecule has 0 unspecified atom stereocenters. The zero-order chi connectivity index (χ0) is 19.4. The number of amides is 1. The molecule has 4 nitrogen and oxygen atoms in total. The van der Waals surface area contributed by atoms with Crippen LogP contribution in [0.1, 0.15) is 82.6 Å². The zero-order valence-corrected chi connectivity index (χ0v) is 17.1. The Hall–Kier alpha value is -2.10. The van der Waals surface area contributed by atoms with Gasteiger partial charge in [0.1, 0.15) is 5.69 Å². The summed E-state index contributed by atoms with van der Waals surface area (Å²) in [5.41, 5.74) is 2.16. The average Bonchev–Trinajstić information content (AvgIpc) is 3.00. The van der Waals surface area contributed by atoms with Crippen molar-refractivity contribution in [2.45, 2.75) is 78.3 Å². The highest BCUT2D eigenvalue weighted by Gasteiger charge is 2.27. The standard InChI is InChI=1S/C22H33N3O/c1-7-8-12-15-25-18(16-19(24-25)21(2,3)4)20(26)23-22(5,6)17-13-10-9-11-14-17/h9-11,13-14,16H,7-8,12,15H2,1-6H3,(H,23,26). The molecule has 2 rings (SSSR count). The second kappa shape index (κ2) is 8.07. The molecule has 0 saturated carbocycles. The van der Waals surface area contributed by atoms with Crippen molar-refractivity contribution in [1.29, 1.82) is 0 Å². The molecule has 1 N–H and O–H groups in total. The van der Waals surface area contributed by atoms with Crippen LogP contribution in [0.2, 0.25) is 0 Å². The van der Waals surface area contributed by atoms with Gasteiger partial charge in [-0.25, -0.2) is 0 Å². The Balaban J connectivity index is 2.27. The van der Waals surface area contributed by atoms with Crippen LogP contribution < -0.4 is 5.32 Å². The number of aromatic nitrogens is 2. The van der Waals surface area contributed by atoms with Gasteiger partial charge in [-0.05, 0) is 31.9 Å². The van der Waals surface area contributed by atoms with Crippen molar-refractivity contribution in [2.75, 3.05) is 0 Å². The first-order valence-electron chi connectivity index (χ1n) is 9.61. The minimum atomic E-state index is -0.446. The minimum absolute atomic E-state index is 0.0710. The summed E-state index contributed by atoms with van der Waals surface area (Å²) in [6.45, 7) is 13.4. The van der Waals surface area contributed by atoms with Gasteiger partial charge in [0.2, 0.25) is 0 Å². The summed E-state index contributed by atoms with van der Waals surface area (Å²) >= 11 is 0. The number of hydrogen-bond donors (Lipinski definition) is 1. The molecule has 1 heterocycles. The topological polar surface area (TPSA) is 46.9 Å². The van der Waals surface area contributed by atoms with E-state index in [9.17, 15) is 4.79 Å². The predicted molar refractivity (Wildman–Crippen MR) is 107 cm³/mol. The van der Waals surface area contributed by atoms with E-state index in [1.807, 2.05) is 54.9 Å². The van der Waals surface area contributed by atoms with Crippen molar-refractivity contribution in [3.05, 3.63) is 53.3 Å². The number of nitrogens with one attached hydrogen (secondary N) is 1. The highest BCUT2D eigenvalue weighted by molar-refractivity contribution is 5.93. The number of aryl methyl sites for hydroxylation is 1. The summed E-state index contributed by atoms with van der Waals surface area (Å²) in [4.78, 5) is 13.1. The van der Waals surface area contributed by atoms with Gasteiger partial charge in [0.15, 0.2) is 0 Å². The molecule has 0 aliphatic carbocycles. The number of nitrogens with zero attached hydrogens (tertiary/aromatic N) is 2. The van der Waals surface area contributed by atoms with Crippen molar-refractivity contribution in [1.82, 2.24) is 15.1 Å². The molecule has 0 fully saturated rings. The van der Waals surface area contributed by atoms with Crippen molar-refractivity contribution >= 4 is 5.91 Å². The van der Waals surface area contributed by atoms with Crippen LogP contribution in [0.5, 0.6) is 0 Å². The lowest BCUT2D eigenvalue weighted by molar-refractivity contribution is 0.0900. The lowest BCUT2D eigenvalue weighted by atomic mass is 9.92. The van der Waals surface area contributed by atoms with Crippen LogP contribution in [0.15, 0.2) is 36.4 Å². The van der Waals surface area contributed by atoms with E-state index in [0.717, 1.165) is 37.1 Å². The normalized spacial score (nSPS) is 12.2. The van der Waals surface area contributed by atoms with Crippen molar-refractivity contribution in [3.63, 3.8) is 0 Å². The monoisotopic (exact) mass is 355 g/mol. The molecule has 0 aliphatic rings. The summed E-state index contributed by atoms with van der Waals surface area (Å²) in [5.74, 6) is -0.0710. The first-order chi connectivity index (χ1) is 12.1. The molecule has 0 aliphatic heterocycles. The Labute approximate surface area is 158 Å². The summed E-state index contributed by atoms with van der Waals surface area (Å²) in [6.07, 6.45) is 3.32. The number of hydrogen-bond acceptors (Lipinski definition) is 2. The van der Waals surface area contributed by atoms with E-state index in [-0.39, 0.29) is 11.3 Å². The molecule has 0 atom stereocenters. The van der Waals surface area contributed by atoms with Crippen LogP contribution in [0.25, 0.3) is 0 Å². The van der Waals surface area contributed by atoms with E-state index in [1.54, 1.807) is 0 Å². The maximum atomic E-state index is 13.1. The lowest BCUT2D eigenvalue weighted by Crippen LogP contribution is -2.41. The van der Waals surface area contributed by atoms with Crippen LogP contribution in [0, 0.1) is 0 Å². The summed E-state index contributed by atoms with van der Waals surface area (Å²) in [6, 6.07) is 12.0. The number of rotatable bonds is 7. The van der Waals surface area contributed by atoms with Crippen LogP contribution in [-0.4, -0.2) is 15.7 Å². The number of unbranched alkanes of at least 4 members (excludes halogenated alkanes) is 2. The molecule has 1 aromatic heterocycles. The van der Waals surface area contributed by atoms with Crippen molar-refractivity contribution in [2.24, 2.45) is 0 Å². The second-order valence-corrected chi connectivity index (χ2v) is 8.54. The molecular weight excluding hydrogens is 322 g/mol. The third-order valence-corrected chi connectivity index (χ3v) is 4.68. The van der Waals surface area contributed by atoms with Crippen molar-refractivity contribution < 1.29 is 4.79 Å². The Bertz CT molecular complexity index is 724. The fourth-order valence-electron chi connectivity index (χ4n) is 2.92. The number of carbonyl (C=O) groups excluding carboxylic acids is 1. The molecule has 142 valence electrons. The third-order valence-electron chi connectivity index (χ3n) is 4.68. The van der Waals surface area contributed by atoms with Crippen LogP contribution in [0.3, 0.4) is 0 Å². The lowest BCUT2D eigenvalue weighted by Gasteiger charge is -2.27. The second-order valence-electron chi connectivity index (χ2n) is 8.54. The van der Waals surface area contributed by atoms with Gasteiger partial charge in [-0.3, -0.25) is 9.48 Å². The van der Waals surface area contributed by atoms with E-state index in [0.29, 0.717) is 5.69 Å². The van der Waals surface area contributed by atoms with Gasteiger partial charge in [-0.2, -0.15) is 5.10 Å². The highest BCUT2D eigenvalue weighted by atomic mass is 16.2. The van der Waals surface area contributed by atoms with Gasteiger partial charge in [0.05, 0.1) is 11.2 Å². The SMILES string of the molecule is CCCCCn1nc(C(C)(C)C)cc1C(=O)NC(C)(C)c1ccccc1. The van der Waals surface area contributed by atoms with Gasteiger partial charge >= 0.3 is 0 Å². The number of carbonyl (C=O) groups is 1. The number of benzene rings is 1. The molecule has 1 amide bonds. The largest absolute Gasteiger partial charge is 0.342 e. The first kappa shape index (κ1) is 20.2. The van der Waals surface area contributed by atoms with E-state index in [4.69, 9.17) is 5.10 Å². The van der Waals surface area contributed by atoms with E-state index in [2.05, 4.69) is 33.0 Å². The summed E-state index contributed by atoms with van der Waals surface area (Å²) < 4.78 is 1.88. The molecule has 4 heteroatoms. The quantitative estimate of drug-likeness (QED) is 0.708. The first-order valence-corrected chi connectivity index (χ1v) is 9.61. The molecule has 26 heavy (non-hydrogen) atoms. The molecular formula is C22H33N3O. The molecule has 2 aromatic rings. The van der Waals surface area contributed by atoms with Gasteiger partial charge in [-0.1, -0.05) is 70.9 Å². The smallest absolute Gasteiger partial charge is 0.270 e. The van der Waals surface area contributed by atoms with Gasteiger partial charge in [0.25, 0.3) is 5.91 Å². The molecule has 0 spiro atoms. The van der Waals surface area contributed by atoms with Gasteiger partial charge < -0.3 is 5.32 Å². The van der Waals surface area contributed by atoms with E-state index < -0.39 is 5.54 Å². The van der Waals surface area contributed by atoms with Gasteiger partial charge in [0, 0.05) is 12.0 Å². The average molecular weight is 356 g/mol. The van der Waals surface area contributed by atoms with Gasteiger partial charge in [-0.15, -0.1) is 0 Å². The molecule has 0 saturated heterocycles. The summed E-state index contributed by atoms with van der Waals surface area (Å²) in [5, 5.41) is 7.92. The van der Waals surface area contributed by atoms with Crippen molar-refractivity contribution in [3.8, 4) is 0 Å². The highest BCUT2D eigenvalue weighted by Crippen LogP contribution is 2.24. The fraction of sp³-hybridized carbons (Fsp3) is 0.545. The van der Waals surface area contributed by atoms with E-state index >= 15 is 0 Å². The van der Waals surface area contributed by atoms with Crippen LogP contribution in [-0.2, 0) is 17.5 Å². The molecule has 1 aromatic carbocycles. The Morgan fingerprint density at radius 2 is 1.73 bits per heavy atom. The summed E-state index contributed by atoms with van der Waals surface area (Å²) in [7, 11) is 0. The minimum Gasteiger partial charge on any atom is -0.342 e. The Kier molecular flexibility index (Phi) is 6.27. The maximum Gasteiger partial charge on any atom is 0.270 e.